The third-order valence-electron chi connectivity index (χ3n) is 4.47. The molecule has 2 heterocycles. The minimum Gasteiger partial charge on any atom is -0.491 e. The van der Waals surface area contributed by atoms with Crippen LogP contribution in [-0.2, 0) is 14.3 Å². The lowest BCUT2D eigenvalue weighted by molar-refractivity contribution is -0.128. The van der Waals surface area contributed by atoms with Gasteiger partial charge in [-0.1, -0.05) is 6.07 Å². The van der Waals surface area contributed by atoms with Crippen LogP contribution >= 0.6 is 0 Å². The van der Waals surface area contributed by atoms with Crippen LogP contribution in [0.5, 0.6) is 5.75 Å². The molecule has 0 spiro atoms. The highest BCUT2D eigenvalue weighted by molar-refractivity contribution is 5.91. The minimum atomic E-state index is -0.394. The quantitative estimate of drug-likeness (QED) is 0.683. The third-order valence-corrected chi connectivity index (χ3v) is 4.47. The number of hydrogen-bond acceptors (Lipinski definition) is 6. The van der Waals surface area contributed by atoms with Crippen molar-refractivity contribution >= 4 is 17.5 Å². The van der Waals surface area contributed by atoms with Gasteiger partial charge in [0.25, 0.3) is 0 Å². The van der Waals surface area contributed by atoms with Gasteiger partial charge in [0.05, 0.1) is 44.5 Å². The SMILES string of the molecule is CC(C)Oc1cccc(NC(=O)CC2NC(=O)CC(N3CCOCC3)N2)c1. The Morgan fingerprint density at radius 2 is 2.15 bits per heavy atom. The molecule has 3 N–H and O–H groups in total. The normalized spacial score (nSPS) is 23.7. The zero-order chi connectivity index (χ0) is 19.2. The zero-order valence-corrected chi connectivity index (χ0v) is 15.9. The van der Waals surface area contributed by atoms with Gasteiger partial charge in [-0.15, -0.1) is 0 Å². The molecule has 8 heteroatoms. The maximum absolute atomic E-state index is 12.4. The first kappa shape index (κ1) is 19.6. The number of benzene rings is 1. The van der Waals surface area contributed by atoms with Gasteiger partial charge in [0.1, 0.15) is 5.75 Å². The Morgan fingerprint density at radius 3 is 2.89 bits per heavy atom. The topological polar surface area (TPSA) is 91.9 Å². The van der Waals surface area contributed by atoms with E-state index in [4.69, 9.17) is 9.47 Å². The summed E-state index contributed by atoms with van der Waals surface area (Å²) in [5, 5.41) is 9.07. The van der Waals surface area contributed by atoms with Gasteiger partial charge in [0.15, 0.2) is 0 Å². The number of carbonyl (C=O) groups excluding carboxylic acids is 2. The highest BCUT2D eigenvalue weighted by Gasteiger charge is 2.31. The summed E-state index contributed by atoms with van der Waals surface area (Å²) in [5.41, 5.74) is 0.671. The van der Waals surface area contributed by atoms with E-state index in [2.05, 4.69) is 20.9 Å². The van der Waals surface area contributed by atoms with Crippen molar-refractivity contribution in [2.24, 2.45) is 0 Å². The molecule has 2 saturated heterocycles. The molecule has 8 nitrogen and oxygen atoms in total. The number of rotatable bonds is 6. The number of amides is 2. The van der Waals surface area contributed by atoms with Crippen LogP contribution in [0.2, 0.25) is 0 Å². The Kier molecular flexibility index (Phi) is 6.65. The summed E-state index contributed by atoms with van der Waals surface area (Å²) in [7, 11) is 0. The molecular weight excluding hydrogens is 348 g/mol. The van der Waals surface area contributed by atoms with Gasteiger partial charge in [-0.05, 0) is 26.0 Å². The van der Waals surface area contributed by atoms with E-state index < -0.39 is 6.17 Å². The van der Waals surface area contributed by atoms with Crippen LogP contribution in [0.25, 0.3) is 0 Å². The number of ether oxygens (including phenoxy) is 2. The average molecular weight is 376 g/mol. The first-order chi connectivity index (χ1) is 13.0. The lowest BCUT2D eigenvalue weighted by atomic mass is 10.1. The van der Waals surface area contributed by atoms with Crippen molar-refractivity contribution in [2.75, 3.05) is 31.6 Å². The predicted octanol–water partition coefficient (Wildman–Crippen LogP) is 0.896. The number of nitrogens with zero attached hydrogens (tertiary/aromatic N) is 1. The summed E-state index contributed by atoms with van der Waals surface area (Å²) in [5.74, 6) is 0.492. The van der Waals surface area contributed by atoms with Crippen molar-refractivity contribution in [3.8, 4) is 5.75 Å². The summed E-state index contributed by atoms with van der Waals surface area (Å²) in [4.78, 5) is 26.7. The Morgan fingerprint density at radius 1 is 1.37 bits per heavy atom. The molecule has 0 aliphatic carbocycles. The maximum atomic E-state index is 12.4. The lowest BCUT2D eigenvalue weighted by Crippen LogP contribution is -2.63. The van der Waals surface area contributed by atoms with Crippen molar-refractivity contribution in [3.05, 3.63) is 24.3 Å². The molecule has 27 heavy (non-hydrogen) atoms. The molecule has 2 fully saturated rings. The second-order valence-corrected chi connectivity index (χ2v) is 7.10. The van der Waals surface area contributed by atoms with E-state index in [0.717, 1.165) is 13.1 Å². The van der Waals surface area contributed by atoms with Crippen LogP contribution in [0.4, 0.5) is 5.69 Å². The number of hydrogen-bond donors (Lipinski definition) is 3. The Hall–Kier alpha value is -2.16. The van der Waals surface area contributed by atoms with Crippen LogP contribution in [0, 0.1) is 0 Å². The number of nitrogens with one attached hydrogen (secondary N) is 3. The molecule has 2 aliphatic heterocycles. The van der Waals surface area contributed by atoms with E-state index in [1.54, 1.807) is 6.07 Å². The molecule has 2 aliphatic rings. The fourth-order valence-corrected chi connectivity index (χ4v) is 3.31. The highest BCUT2D eigenvalue weighted by Crippen LogP contribution is 2.19. The van der Waals surface area contributed by atoms with Crippen molar-refractivity contribution in [3.63, 3.8) is 0 Å². The summed E-state index contributed by atoms with van der Waals surface area (Å²) in [6.45, 7) is 6.81. The Balaban J connectivity index is 1.54. The lowest BCUT2D eigenvalue weighted by Gasteiger charge is -2.40. The van der Waals surface area contributed by atoms with Crippen molar-refractivity contribution in [1.82, 2.24) is 15.5 Å². The summed E-state index contributed by atoms with van der Waals surface area (Å²) in [6.07, 6.45) is 0.140. The smallest absolute Gasteiger partial charge is 0.227 e. The van der Waals surface area contributed by atoms with E-state index in [1.165, 1.54) is 0 Å². The zero-order valence-electron chi connectivity index (χ0n) is 15.9. The number of carbonyl (C=O) groups is 2. The van der Waals surface area contributed by atoms with Crippen LogP contribution in [0.1, 0.15) is 26.7 Å². The summed E-state index contributed by atoms with van der Waals surface area (Å²) >= 11 is 0. The molecule has 148 valence electrons. The highest BCUT2D eigenvalue weighted by atomic mass is 16.5. The number of anilines is 1. The Labute approximate surface area is 159 Å². The Bertz CT molecular complexity index is 661. The number of morpholine rings is 1. The molecule has 2 amide bonds. The third kappa shape index (κ3) is 5.92. The molecule has 0 saturated carbocycles. The van der Waals surface area contributed by atoms with Gasteiger partial charge in [0, 0.05) is 24.8 Å². The predicted molar refractivity (Wildman–Crippen MR) is 101 cm³/mol. The van der Waals surface area contributed by atoms with E-state index >= 15 is 0 Å². The minimum absolute atomic E-state index is 0.0460. The summed E-state index contributed by atoms with van der Waals surface area (Å²) in [6, 6.07) is 7.30. The first-order valence-electron chi connectivity index (χ1n) is 9.43. The molecule has 3 rings (SSSR count). The second-order valence-electron chi connectivity index (χ2n) is 7.10. The van der Waals surface area contributed by atoms with Crippen LogP contribution in [0.15, 0.2) is 24.3 Å². The standard InChI is InChI=1S/C19H28N4O4/c1-13(2)27-15-5-3-4-14(10-15)20-18(24)11-16-21-17(12-19(25)22-16)23-6-8-26-9-7-23/h3-5,10,13,16-17,21H,6-9,11-12H2,1-2H3,(H,20,24)(H,22,25). The van der Waals surface area contributed by atoms with Gasteiger partial charge in [-0.25, -0.2) is 0 Å². The molecule has 1 aromatic rings. The van der Waals surface area contributed by atoms with Gasteiger partial charge in [-0.3, -0.25) is 19.8 Å². The first-order valence-corrected chi connectivity index (χ1v) is 9.43. The maximum Gasteiger partial charge on any atom is 0.227 e. The van der Waals surface area contributed by atoms with E-state index in [0.29, 0.717) is 31.1 Å². The van der Waals surface area contributed by atoms with E-state index in [-0.39, 0.29) is 30.5 Å². The molecular formula is C19H28N4O4. The molecule has 0 bridgehead atoms. The van der Waals surface area contributed by atoms with Crippen LogP contribution in [0.3, 0.4) is 0 Å². The van der Waals surface area contributed by atoms with Gasteiger partial charge in [-0.2, -0.15) is 0 Å². The molecule has 0 aromatic heterocycles. The monoisotopic (exact) mass is 376 g/mol. The second kappa shape index (κ2) is 9.16. The molecule has 0 radical (unpaired) electrons. The van der Waals surface area contributed by atoms with Gasteiger partial charge in [0.2, 0.25) is 11.8 Å². The van der Waals surface area contributed by atoms with E-state index in [1.807, 2.05) is 32.0 Å². The summed E-state index contributed by atoms with van der Waals surface area (Å²) < 4.78 is 11.0. The molecule has 2 unspecified atom stereocenters. The van der Waals surface area contributed by atoms with Crippen molar-refractivity contribution < 1.29 is 19.1 Å². The van der Waals surface area contributed by atoms with Crippen LogP contribution in [-0.4, -0.2) is 61.5 Å². The van der Waals surface area contributed by atoms with Gasteiger partial charge >= 0.3 is 0 Å². The fraction of sp³-hybridized carbons (Fsp3) is 0.579. The average Bonchev–Trinajstić information content (AvgIpc) is 2.61. The van der Waals surface area contributed by atoms with Crippen LogP contribution < -0.4 is 20.7 Å². The molecule has 1 aromatic carbocycles. The van der Waals surface area contributed by atoms with Gasteiger partial charge < -0.3 is 20.1 Å². The fourth-order valence-electron chi connectivity index (χ4n) is 3.31. The molecule has 2 atom stereocenters. The van der Waals surface area contributed by atoms with E-state index in [9.17, 15) is 9.59 Å². The van der Waals surface area contributed by atoms with Crippen molar-refractivity contribution in [2.45, 2.75) is 45.1 Å². The van der Waals surface area contributed by atoms with Crippen molar-refractivity contribution in [1.29, 1.82) is 0 Å². The largest absolute Gasteiger partial charge is 0.491 e.